The molecule has 1 aromatic heterocycles. The summed E-state index contributed by atoms with van der Waals surface area (Å²) in [6.07, 6.45) is 1.63. The molecule has 0 saturated carbocycles. The maximum Gasteiger partial charge on any atom is 0.322 e. The van der Waals surface area contributed by atoms with Gasteiger partial charge in [0.2, 0.25) is 5.88 Å². The number of hydrogen-bond donors (Lipinski definition) is 0. The number of pyridine rings is 1. The molecule has 8 heteroatoms. The van der Waals surface area contributed by atoms with E-state index in [2.05, 4.69) is 4.98 Å². The van der Waals surface area contributed by atoms with E-state index in [9.17, 15) is 4.79 Å². The minimum absolute atomic E-state index is 0.387. The molecule has 1 aliphatic heterocycles. The van der Waals surface area contributed by atoms with Crippen LogP contribution in [0.15, 0.2) is 71.9 Å². The Balaban J connectivity index is 1.90. The average molecular weight is 475 g/mol. The van der Waals surface area contributed by atoms with Crippen LogP contribution in [-0.2, 0) is 0 Å². The van der Waals surface area contributed by atoms with Crippen molar-refractivity contribution in [2.75, 3.05) is 6.61 Å². The number of benzene rings is 2. The lowest BCUT2D eigenvalue weighted by Crippen LogP contribution is -2.34. The summed E-state index contributed by atoms with van der Waals surface area (Å²) in [5.74, 6) is 0.787. The zero-order chi connectivity index (χ0) is 22.0. The van der Waals surface area contributed by atoms with Gasteiger partial charge in [-0.05, 0) is 66.0 Å². The van der Waals surface area contributed by atoms with Crippen molar-refractivity contribution in [3.8, 4) is 5.88 Å². The number of amidine groups is 1. The van der Waals surface area contributed by atoms with E-state index in [0.717, 1.165) is 11.1 Å². The third-order valence-electron chi connectivity index (χ3n) is 4.97. The molecular formula is C23H18Cl3N3O2. The van der Waals surface area contributed by atoms with Gasteiger partial charge in [0.1, 0.15) is 11.9 Å². The van der Waals surface area contributed by atoms with Crippen molar-refractivity contribution in [1.29, 1.82) is 0 Å². The van der Waals surface area contributed by atoms with Crippen LogP contribution in [0.5, 0.6) is 5.88 Å². The molecule has 0 radical (unpaired) electrons. The van der Waals surface area contributed by atoms with Gasteiger partial charge in [-0.2, -0.15) is 0 Å². The summed E-state index contributed by atoms with van der Waals surface area (Å²) in [4.78, 5) is 23.4. The van der Waals surface area contributed by atoms with Crippen LogP contribution in [0.2, 0.25) is 10.0 Å². The highest BCUT2D eigenvalue weighted by atomic mass is 35.5. The number of carbonyl (C=O) groups is 1. The summed E-state index contributed by atoms with van der Waals surface area (Å²) < 4.78 is 5.68. The molecule has 5 nitrogen and oxygen atoms in total. The zero-order valence-corrected chi connectivity index (χ0v) is 18.8. The molecule has 0 aliphatic carbocycles. The van der Waals surface area contributed by atoms with Gasteiger partial charge in [0.25, 0.3) is 0 Å². The first-order valence-electron chi connectivity index (χ1n) is 9.65. The number of halogens is 3. The van der Waals surface area contributed by atoms with E-state index in [-0.39, 0.29) is 0 Å². The second-order valence-electron chi connectivity index (χ2n) is 6.86. The van der Waals surface area contributed by atoms with Crippen molar-refractivity contribution in [2.24, 2.45) is 4.99 Å². The lowest BCUT2D eigenvalue weighted by Gasteiger charge is -2.28. The molecule has 0 saturated heterocycles. The average Bonchev–Trinajstić information content (AvgIpc) is 3.16. The molecule has 158 valence electrons. The number of hydrogen-bond acceptors (Lipinski definition) is 4. The summed E-state index contributed by atoms with van der Waals surface area (Å²) in [5, 5.41) is 0.562. The Kier molecular flexibility index (Phi) is 6.46. The van der Waals surface area contributed by atoms with Crippen molar-refractivity contribution in [3.05, 3.63) is 93.6 Å². The van der Waals surface area contributed by atoms with Gasteiger partial charge in [0.05, 0.1) is 18.2 Å². The predicted octanol–water partition coefficient (Wildman–Crippen LogP) is 6.69. The minimum atomic E-state index is -0.651. The van der Waals surface area contributed by atoms with Gasteiger partial charge in [0.15, 0.2) is 0 Å². The Morgan fingerprint density at radius 1 is 1.00 bits per heavy atom. The van der Waals surface area contributed by atoms with Crippen molar-refractivity contribution >= 4 is 46.0 Å². The minimum Gasteiger partial charge on any atom is -0.477 e. The third-order valence-corrected chi connectivity index (χ3v) is 5.66. The van der Waals surface area contributed by atoms with Gasteiger partial charge in [-0.1, -0.05) is 47.5 Å². The van der Waals surface area contributed by atoms with Crippen molar-refractivity contribution in [2.45, 2.75) is 19.0 Å². The topological polar surface area (TPSA) is 54.8 Å². The monoisotopic (exact) mass is 473 g/mol. The maximum atomic E-state index is 12.7. The first kappa shape index (κ1) is 21.6. The molecule has 1 aliphatic rings. The van der Waals surface area contributed by atoms with Crippen LogP contribution in [0.25, 0.3) is 0 Å². The van der Waals surface area contributed by atoms with E-state index in [1.165, 1.54) is 4.90 Å². The number of aromatic nitrogens is 1. The first-order chi connectivity index (χ1) is 15.0. The Morgan fingerprint density at radius 3 is 2.19 bits per heavy atom. The fourth-order valence-electron chi connectivity index (χ4n) is 3.65. The normalized spacial score (nSPS) is 18.1. The van der Waals surface area contributed by atoms with E-state index in [1.807, 2.05) is 37.3 Å². The summed E-state index contributed by atoms with van der Waals surface area (Å²) in [5.41, 5.74) is 2.33. The standard InChI is InChI=1S/C23H18Cl3N3O2/c1-2-31-22-18(4-3-13-27-22)21-28-19(14-5-9-16(24)10-6-14)20(29(21)23(26)30)15-7-11-17(25)12-8-15/h3-13,19-20H,2H2,1H3. The van der Waals surface area contributed by atoms with Crippen LogP contribution in [0.4, 0.5) is 4.79 Å². The smallest absolute Gasteiger partial charge is 0.322 e. The number of nitrogens with zero attached hydrogens (tertiary/aromatic N) is 3. The molecule has 0 bridgehead atoms. The number of ether oxygens (including phenoxy) is 1. The van der Waals surface area contributed by atoms with E-state index in [0.29, 0.717) is 33.9 Å². The summed E-state index contributed by atoms with van der Waals surface area (Å²) >= 11 is 18.3. The van der Waals surface area contributed by atoms with Gasteiger partial charge in [-0.25, -0.2) is 4.98 Å². The summed E-state index contributed by atoms with van der Waals surface area (Å²) in [6.45, 7) is 2.29. The van der Waals surface area contributed by atoms with Crippen molar-refractivity contribution in [1.82, 2.24) is 9.88 Å². The fourth-order valence-corrected chi connectivity index (χ4v) is 4.09. The summed E-state index contributed by atoms with van der Waals surface area (Å²) in [7, 11) is 0. The van der Waals surface area contributed by atoms with Crippen LogP contribution in [0.3, 0.4) is 0 Å². The first-order valence-corrected chi connectivity index (χ1v) is 10.8. The molecule has 2 aromatic carbocycles. The largest absolute Gasteiger partial charge is 0.477 e. The molecule has 2 heterocycles. The molecule has 2 unspecified atom stereocenters. The van der Waals surface area contributed by atoms with Crippen LogP contribution in [-0.4, -0.2) is 27.7 Å². The molecule has 31 heavy (non-hydrogen) atoms. The number of carbonyl (C=O) groups excluding carboxylic acids is 1. The molecule has 2 atom stereocenters. The molecule has 1 amide bonds. The van der Waals surface area contributed by atoms with Gasteiger partial charge in [-0.15, -0.1) is 0 Å². The number of amides is 1. The highest BCUT2D eigenvalue weighted by molar-refractivity contribution is 6.64. The molecule has 4 rings (SSSR count). The highest BCUT2D eigenvalue weighted by Gasteiger charge is 2.42. The van der Waals surface area contributed by atoms with Crippen LogP contribution >= 0.6 is 34.8 Å². The highest BCUT2D eigenvalue weighted by Crippen LogP contribution is 2.45. The molecule has 0 spiro atoms. The van der Waals surface area contributed by atoms with E-state index < -0.39 is 17.5 Å². The van der Waals surface area contributed by atoms with Gasteiger partial charge < -0.3 is 4.74 Å². The lowest BCUT2D eigenvalue weighted by molar-refractivity contribution is 0.231. The van der Waals surface area contributed by atoms with Crippen LogP contribution < -0.4 is 4.74 Å². The van der Waals surface area contributed by atoms with Crippen LogP contribution in [0, 0.1) is 0 Å². The van der Waals surface area contributed by atoms with Gasteiger partial charge in [-0.3, -0.25) is 14.7 Å². The van der Waals surface area contributed by atoms with Gasteiger partial charge >= 0.3 is 5.37 Å². The molecular weight excluding hydrogens is 457 g/mol. The predicted molar refractivity (Wildman–Crippen MR) is 123 cm³/mol. The van der Waals surface area contributed by atoms with Crippen molar-refractivity contribution in [3.63, 3.8) is 0 Å². The van der Waals surface area contributed by atoms with E-state index in [1.54, 1.807) is 36.5 Å². The van der Waals surface area contributed by atoms with Gasteiger partial charge in [0, 0.05) is 16.2 Å². The second-order valence-corrected chi connectivity index (χ2v) is 8.05. The summed E-state index contributed by atoms with van der Waals surface area (Å²) in [6, 6.07) is 17.4. The number of rotatable bonds is 5. The lowest BCUT2D eigenvalue weighted by atomic mass is 9.94. The van der Waals surface area contributed by atoms with E-state index >= 15 is 0 Å². The zero-order valence-electron chi connectivity index (χ0n) is 16.5. The quantitative estimate of drug-likeness (QED) is 0.306. The fraction of sp³-hybridized carbons (Fsp3) is 0.174. The second kappa shape index (κ2) is 9.27. The Bertz CT molecular complexity index is 1120. The van der Waals surface area contributed by atoms with Crippen molar-refractivity contribution < 1.29 is 9.53 Å². The molecule has 3 aromatic rings. The Morgan fingerprint density at radius 2 is 1.61 bits per heavy atom. The maximum absolute atomic E-state index is 12.7. The van der Waals surface area contributed by atoms with Crippen LogP contribution in [0.1, 0.15) is 35.7 Å². The molecule has 0 fully saturated rings. The number of aliphatic imine (C=N–C) groups is 1. The Labute approximate surface area is 195 Å². The molecule has 0 N–H and O–H groups in total. The van der Waals surface area contributed by atoms with E-state index in [4.69, 9.17) is 44.5 Å². The Hall–Kier alpha value is -2.60. The third kappa shape index (κ3) is 4.40. The SMILES string of the molecule is CCOc1ncccc1C1=NC(c2ccc(Cl)cc2)C(c2ccc(Cl)cc2)N1C(=O)Cl.